The first-order valence-electron chi connectivity index (χ1n) is 4.10. The van der Waals surface area contributed by atoms with Crippen molar-refractivity contribution < 1.29 is 4.74 Å². The molecular weight excluding hydrogens is 164 g/mol. The summed E-state index contributed by atoms with van der Waals surface area (Å²) < 4.78 is 7.18. The third-order valence-corrected chi connectivity index (χ3v) is 1.67. The van der Waals surface area contributed by atoms with E-state index < -0.39 is 0 Å². The Morgan fingerprint density at radius 3 is 2.69 bits per heavy atom. The van der Waals surface area contributed by atoms with E-state index in [0.717, 1.165) is 5.75 Å². The molecule has 3 heteroatoms. The molecule has 66 valence electrons. The lowest BCUT2D eigenvalue weighted by Crippen LogP contribution is -2.04. The minimum absolute atomic E-state index is 0.455. The molecule has 0 aliphatic carbocycles. The number of para-hydroxylation sites is 1. The summed E-state index contributed by atoms with van der Waals surface area (Å²) >= 11 is 0. The highest BCUT2D eigenvalue weighted by atomic mass is 16.5. The number of benzene rings is 1. The van der Waals surface area contributed by atoms with Gasteiger partial charge < -0.3 is 4.74 Å². The molecule has 1 aromatic carbocycles. The van der Waals surface area contributed by atoms with E-state index in [9.17, 15) is 0 Å². The van der Waals surface area contributed by atoms with Crippen molar-refractivity contribution in [2.75, 3.05) is 0 Å². The van der Waals surface area contributed by atoms with Crippen molar-refractivity contribution in [2.45, 2.75) is 6.73 Å². The van der Waals surface area contributed by atoms with E-state index in [1.807, 2.05) is 42.6 Å². The van der Waals surface area contributed by atoms with Crippen molar-refractivity contribution in [3.63, 3.8) is 0 Å². The Bertz CT molecular complexity index is 342. The van der Waals surface area contributed by atoms with Gasteiger partial charge in [0.2, 0.25) is 0 Å². The predicted molar refractivity (Wildman–Crippen MR) is 49.3 cm³/mol. The second kappa shape index (κ2) is 3.76. The normalized spacial score (nSPS) is 9.85. The molecule has 1 heterocycles. The first kappa shape index (κ1) is 7.86. The van der Waals surface area contributed by atoms with Crippen LogP contribution in [0.1, 0.15) is 0 Å². The average Bonchev–Trinajstić information content (AvgIpc) is 2.69. The Hall–Kier alpha value is -1.77. The number of ether oxygens (including phenoxy) is 1. The van der Waals surface area contributed by atoms with Gasteiger partial charge in [-0.25, -0.2) is 4.68 Å². The summed E-state index contributed by atoms with van der Waals surface area (Å²) in [5.41, 5.74) is 0. The van der Waals surface area contributed by atoms with E-state index >= 15 is 0 Å². The van der Waals surface area contributed by atoms with Gasteiger partial charge in [-0.2, -0.15) is 5.10 Å². The molecule has 0 aliphatic rings. The van der Waals surface area contributed by atoms with Gasteiger partial charge in [0.15, 0.2) is 6.73 Å². The molecule has 0 spiro atoms. The minimum Gasteiger partial charge on any atom is -0.471 e. The topological polar surface area (TPSA) is 27.1 Å². The molecule has 1 aromatic heterocycles. The molecule has 0 atom stereocenters. The number of rotatable bonds is 3. The average molecular weight is 174 g/mol. The van der Waals surface area contributed by atoms with Crippen molar-refractivity contribution in [3.05, 3.63) is 48.8 Å². The summed E-state index contributed by atoms with van der Waals surface area (Å²) in [4.78, 5) is 0. The summed E-state index contributed by atoms with van der Waals surface area (Å²) in [5, 5.41) is 4.02. The lowest BCUT2D eigenvalue weighted by Gasteiger charge is -2.04. The maximum Gasteiger partial charge on any atom is 0.180 e. The second-order valence-corrected chi connectivity index (χ2v) is 2.63. The van der Waals surface area contributed by atoms with Crippen LogP contribution >= 0.6 is 0 Å². The Balaban J connectivity index is 1.94. The van der Waals surface area contributed by atoms with Crippen molar-refractivity contribution >= 4 is 0 Å². The van der Waals surface area contributed by atoms with Crippen LogP contribution in [0.3, 0.4) is 0 Å². The molecule has 0 radical (unpaired) electrons. The van der Waals surface area contributed by atoms with Gasteiger partial charge in [0.25, 0.3) is 0 Å². The van der Waals surface area contributed by atoms with Crippen LogP contribution in [0.4, 0.5) is 0 Å². The van der Waals surface area contributed by atoms with Crippen molar-refractivity contribution in [2.24, 2.45) is 0 Å². The van der Waals surface area contributed by atoms with E-state index in [-0.39, 0.29) is 0 Å². The third-order valence-electron chi connectivity index (χ3n) is 1.67. The van der Waals surface area contributed by atoms with E-state index in [4.69, 9.17) is 4.74 Å². The summed E-state index contributed by atoms with van der Waals surface area (Å²) in [5.74, 6) is 0.859. The summed E-state index contributed by atoms with van der Waals surface area (Å²) in [6.07, 6.45) is 3.59. The Labute approximate surface area is 76.6 Å². The zero-order valence-electron chi connectivity index (χ0n) is 7.13. The fourth-order valence-corrected chi connectivity index (χ4v) is 1.03. The maximum atomic E-state index is 5.45. The lowest BCUT2D eigenvalue weighted by molar-refractivity contribution is 0.221. The highest BCUT2D eigenvalue weighted by Gasteiger charge is 1.91. The molecule has 0 bridgehead atoms. The van der Waals surface area contributed by atoms with Crippen molar-refractivity contribution in [1.29, 1.82) is 0 Å². The Kier molecular flexibility index (Phi) is 2.27. The number of aromatic nitrogens is 2. The van der Waals surface area contributed by atoms with Crippen LogP contribution in [0, 0.1) is 0 Å². The number of hydrogen-bond acceptors (Lipinski definition) is 2. The van der Waals surface area contributed by atoms with Crippen LogP contribution in [0.25, 0.3) is 0 Å². The van der Waals surface area contributed by atoms with Crippen molar-refractivity contribution in [1.82, 2.24) is 9.78 Å². The molecule has 2 rings (SSSR count). The molecule has 0 unspecified atom stereocenters. The lowest BCUT2D eigenvalue weighted by atomic mass is 10.3. The fourth-order valence-electron chi connectivity index (χ4n) is 1.03. The van der Waals surface area contributed by atoms with Crippen LogP contribution in [0.15, 0.2) is 48.8 Å². The molecular formula is C10H10N2O. The molecule has 13 heavy (non-hydrogen) atoms. The SMILES string of the molecule is c1ccc(OCn2cccn2)cc1. The monoisotopic (exact) mass is 174 g/mol. The van der Waals surface area contributed by atoms with E-state index in [1.165, 1.54) is 0 Å². The molecule has 0 saturated heterocycles. The Morgan fingerprint density at radius 1 is 1.15 bits per heavy atom. The van der Waals surface area contributed by atoms with E-state index in [2.05, 4.69) is 5.10 Å². The standard InChI is InChI=1S/C10H10N2O/c1-2-5-10(6-3-1)13-9-12-8-4-7-11-12/h1-8H,9H2. The quantitative estimate of drug-likeness (QED) is 0.710. The highest BCUT2D eigenvalue weighted by molar-refractivity contribution is 5.20. The maximum absolute atomic E-state index is 5.45. The van der Waals surface area contributed by atoms with Gasteiger partial charge in [0, 0.05) is 12.4 Å². The first-order chi connectivity index (χ1) is 6.45. The minimum atomic E-state index is 0.455. The highest BCUT2D eigenvalue weighted by Crippen LogP contribution is 2.08. The smallest absolute Gasteiger partial charge is 0.180 e. The van der Waals surface area contributed by atoms with Gasteiger partial charge in [0.1, 0.15) is 5.75 Å². The molecule has 0 aliphatic heterocycles. The molecule has 0 saturated carbocycles. The number of nitrogens with zero attached hydrogens (tertiary/aromatic N) is 2. The van der Waals surface area contributed by atoms with E-state index in [0.29, 0.717) is 6.73 Å². The van der Waals surface area contributed by atoms with Gasteiger partial charge in [-0.1, -0.05) is 18.2 Å². The van der Waals surface area contributed by atoms with Gasteiger partial charge >= 0.3 is 0 Å². The van der Waals surface area contributed by atoms with Crippen LogP contribution in [-0.2, 0) is 6.73 Å². The van der Waals surface area contributed by atoms with Gasteiger partial charge in [-0.15, -0.1) is 0 Å². The van der Waals surface area contributed by atoms with Gasteiger partial charge in [-0.05, 0) is 18.2 Å². The van der Waals surface area contributed by atoms with Gasteiger partial charge in [-0.3, -0.25) is 0 Å². The molecule has 0 amide bonds. The van der Waals surface area contributed by atoms with Crippen LogP contribution < -0.4 is 4.74 Å². The van der Waals surface area contributed by atoms with Gasteiger partial charge in [0.05, 0.1) is 0 Å². The van der Waals surface area contributed by atoms with Crippen molar-refractivity contribution in [3.8, 4) is 5.75 Å². The second-order valence-electron chi connectivity index (χ2n) is 2.63. The largest absolute Gasteiger partial charge is 0.471 e. The number of hydrogen-bond donors (Lipinski definition) is 0. The molecule has 0 fully saturated rings. The predicted octanol–water partition coefficient (Wildman–Crippen LogP) is 1.92. The molecule has 2 aromatic rings. The molecule has 0 N–H and O–H groups in total. The van der Waals surface area contributed by atoms with Crippen LogP contribution in [-0.4, -0.2) is 9.78 Å². The molecule has 3 nitrogen and oxygen atoms in total. The zero-order valence-corrected chi connectivity index (χ0v) is 7.13. The summed E-state index contributed by atoms with van der Waals surface area (Å²) in [6, 6.07) is 11.6. The Morgan fingerprint density at radius 2 is 2.00 bits per heavy atom. The van der Waals surface area contributed by atoms with Crippen LogP contribution in [0.5, 0.6) is 5.75 Å². The third kappa shape index (κ3) is 2.08. The zero-order chi connectivity index (χ0) is 8.93. The summed E-state index contributed by atoms with van der Waals surface area (Å²) in [7, 11) is 0. The fraction of sp³-hybridized carbons (Fsp3) is 0.100. The van der Waals surface area contributed by atoms with E-state index in [1.54, 1.807) is 10.9 Å². The first-order valence-corrected chi connectivity index (χ1v) is 4.10. The summed E-state index contributed by atoms with van der Waals surface area (Å²) in [6.45, 7) is 0.455. The van der Waals surface area contributed by atoms with Crippen LogP contribution in [0.2, 0.25) is 0 Å².